The average Bonchev–Trinajstić information content (AvgIpc) is 3.12. The highest BCUT2D eigenvalue weighted by Crippen LogP contribution is 2.31. The van der Waals surface area contributed by atoms with Crippen molar-refractivity contribution in [2.45, 2.75) is 18.7 Å². The molecular formula is C21H20N4O3S2. The normalized spacial score (nSPS) is 12.9. The van der Waals surface area contributed by atoms with Crippen molar-refractivity contribution in [3.05, 3.63) is 60.7 Å². The van der Waals surface area contributed by atoms with Gasteiger partial charge in [-0.15, -0.1) is 0 Å². The van der Waals surface area contributed by atoms with Crippen LogP contribution >= 0.6 is 0 Å². The van der Waals surface area contributed by atoms with Crippen molar-refractivity contribution in [3.8, 4) is 22.6 Å². The molecular weight excluding hydrogens is 420 g/mol. The van der Waals surface area contributed by atoms with E-state index in [1.165, 1.54) is 10.2 Å². The van der Waals surface area contributed by atoms with E-state index < -0.39 is 20.8 Å². The molecule has 0 bridgehead atoms. The summed E-state index contributed by atoms with van der Waals surface area (Å²) in [7, 11) is -4.70. The molecule has 0 radical (unpaired) electrons. The van der Waals surface area contributed by atoms with E-state index in [-0.39, 0.29) is 0 Å². The number of pyridine rings is 1. The van der Waals surface area contributed by atoms with Crippen LogP contribution < -0.4 is 0 Å². The molecule has 3 heterocycles. The Bertz CT molecular complexity index is 1380. The molecule has 0 aliphatic carbocycles. The van der Waals surface area contributed by atoms with Crippen molar-refractivity contribution in [2.24, 2.45) is 0 Å². The van der Waals surface area contributed by atoms with Gasteiger partial charge in [-0.25, -0.2) is 22.4 Å². The lowest BCUT2D eigenvalue weighted by molar-refractivity contribution is 0.595. The van der Waals surface area contributed by atoms with Gasteiger partial charge in [-0.05, 0) is 42.8 Å². The summed E-state index contributed by atoms with van der Waals surface area (Å²) in [6.45, 7) is 3.82. The molecule has 0 N–H and O–H groups in total. The Labute approximate surface area is 177 Å². The lowest BCUT2D eigenvalue weighted by Crippen LogP contribution is -2.08. The smallest absolute Gasteiger partial charge is 0.236 e. The van der Waals surface area contributed by atoms with Gasteiger partial charge in [0.05, 0.1) is 28.3 Å². The zero-order valence-corrected chi connectivity index (χ0v) is 18.4. The molecule has 1 unspecified atom stereocenters. The molecule has 30 heavy (non-hydrogen) atoms. The molecule has 0 amide bonds. The molecule has 154 valence electrons. The highest BCUT2D eigenvalue weighted by atomic mass is 32.2. The Morgan fingerprint density at radius 3 is 2.43 bits per heavy atom. The van der Waals surface area contributed by atoms with E-state index >= 15 is 0 Å². The van der Waals surface area contributed by atoms with Crippen molar-refractivity contribution >= 4 is 31.7 Å². The first-order chi connectivity index (χ1) is 14.3. The number of aromatic nitrogens is 4. The van der Waals surface area contributed by atoms with Crippen molar-refractivity contribution in [2.75, 3.05) is 12.0 Å². The van der Waals surface area contributed by atoms with Gasteiger partial charge in [0.15, 0.2) is 5.82 Å². The summed E-state index contributed by atoms with van der Waals surface area (Å²) in [5.41, 5.74) is 3.67. The maximum Gasteiger partial charge on any atom is 0.236 e. The van der Waals surface area contributed by atoms with Crippen LogP contribution in [-0.4, -0.2) is 43.6 Å². The molecule has 0 spiro atoms. The molecule has 1 aromatic carbocycles. The van der Waals surface area contributed by atoms with Crippen molar-refractivity contribution in [3.63, 3.8) is 0 Å². The fourth-order valence-electron chi connectivity index (χ4n) is 3.23. The van der Waals surface area contributed by atoms with Crippen LogP contribution in [0.2, 0.25) is 0 Å². The minimum Gasteiger partial charge on any atom is -0.256 e. The van der Waals surface area contributed by atoms with Gasteiger partial charge in [-0.3, -0.25) is 9.19 Å². The Balaban J connectivity index is 1.88. The SMILES string of the molecule is CCS(=O)c1ccc2c(c1)c(-c1ncc(-c3cc(C)ccn3)cn1)cn2S(C)(=O)=O. The molecule has 0 saturated heterocycles. The van der Waals surface area contributed by atoms with Gasteiger partial charge in [0.1, 0.15) is 0 Å². The number of rotatable bonds is 5. The lowest BCUT2D eigenvalue weighted by Gasteiger charge is -2.04. The Morgan fingerprint density at radius 1 is 1.07 bits per heavy atom. The third-order valence-corrected chi connectivity index (χ3v) is 7.05. The largest absolute Gasteiger partial charge is 0.256 e. The summed E-state index contributed by atoms with van der Waals surface area (Å²) >= 11 is 0. The molecule has 0 aliphatic rings. The van der Waals surface area contributed by atoms with Crippen LogP contribution in [0.25, 0.3) is 33.5 Å². The lowest BCUT2D eigenvalue weighted by atomic mass is 10.1. The van der Waals surface area contributed by atoms with Gasteiger partial charge in [-0.1, -0.05) is 6.92 Å². The van der Waals surface area contributed by atoms with Crippen molar-refractivity contribution < 1.29 is 12.6 Å². The van der Waals surface area contributed by atoms with Crippen LogP contribution in [-0.2, 0) is 20.8 Å². The monoisotopic (exact) mass is 440 g/mol. The topological polar surface area (TPSA) is 94.8 Å². The van der Waals surface area contributed by atoms with Crippen LogP contribution in [0.5, 0.6) is 0 Å². The summed E-state index contributed by atoms with van der Waals surface area (Å²) in [6.07, 6.45) is 7.72. The fourth-order valence-corrected chi connectivity index (χ4v) is 4.85. The van der Waals surface area contributed by atoms with E-state index in [1.807, 2.05) is 26.0 Å². The maximum absolute atomic E-state index is 12.3. The Hall–Kier alpha value is -2.91. The first-order valence-corrected chi connectivity index (χ1v) is 12.4. The predicted molar refractivity (Wildman–Crippen MR) is 118 cm³/mol. The molecule has 1 atom stereocenters. The van der Waals surface area contributed by atoms with Gasteiger partial charge in [0.2, 0.25) is 10.0 Å². The quantitative estimate of drug-likeness (QED) is 0.472. The van der Waals surface area contributed by atoms with Crippen LogP contribution in [0.3, 0.4) is 0 Å². The number of hydrogen-bond donors (Lipinski definition) is 0. The van der Waals surface area contributed by atoms with E-state index in [2.05, 4.69) is 15.0 Å². The fraction of sp³-hybridized carbons (Fsp3) is 0.190. The minimum atomic E-state index is -3.54. The molecule has 3 aromatic heterocycles. The van der Waals surface area contributed by atoms with Crippen LogP contribution in [0.15, 0.2) is 60.0 Å². The summed E-state index contributed by atoms with van der Waals surface area (Å²) < 4.78 is 38.1. The summed E-state index contributed by atoms with van der Waals surface area (Å²) in [5, 5.41) is 0.640. The average molecular weight is 441 g/mol. The number of nitrogens with zero attached hydrogens (tertiary/aromatic N) is 4. The number of benzene rings is 1. The van der Waals surface area contributed by atoms with Gasteiger partial charge >= 0.3 is 0 Å². The number of aryl methyl sites for hydroxylation is 1. The highest BCUT2D eigenvalue weighted by molar-refractivity contribution is 7.89. The predicted octanol–water partition coefficient (Wildman–Crippen LogP) is 3.40. The standard InChI is InChI=1S/C21H20N4O3S2/c1-4-29(26)16-5-6-20-17(10-16)18(13-25(20)30(3,27)28)21-23-11-15(12-24-21)19-9-14(2)7-8-22-19/h5-13H,4H2,1-3H3. The second kappa shape index (κ2) is 7.73. The van der Waals surface area contributed by atoms with E-state index in [0.29, 0.717) is 32.9 Å². The Morgan fingerprint density at radius 2 is 1.80 bits per heavy atom. The molecule has 0 saturated carbocycles. The van der Waals surface area contributed by atoms with E-state index in [4.69, 9.17) is 0 Å². The maximum atomic E-state index is 12.3. The van der Waals surface area contributed by atoms with E-state index in [1.54, 1.807) is 36.8 Å². The summed E-state index contributed by atoms with van der Waals surface area (Å²) in [6, 6.07) is 8.98. The highest BCUT2D eigenvalue weighted by Gasteiger charge is 2.19. The first kappa shape index (κ1) is 20.4. The molecule has 9 heteroatoms. The third kappa shape index (κ3) is 3.78. The van der Waals surface area contributed by atoms with E-state index in [9.17, 15) is 12.6 Å². The second-order valence-electron chi connectivity index (χ2n) is 6.93. The van der Waals surface area contributed by atoms with Crippen LogP contribution in [0.1, 0.15) is 12.5 Å². The van der Waals surface area contributed by atoms with Crippen LogP contribution in [0, 0.1) is 6.92 Å². The molecule has 0 fully saturated rings. The van der Waals surface area contributed by atoms with Crippen molar-refractivity contribution in [1.82, 2.24) is 18.9 Å². The van der Waals surface area contributed by atoms with Crippen LogP contribution in [0.4, 0.5) is 0 Å². The van der Waals surface area contributed by atoms with Gasteiger partial charge in [-0.2, -0.15) is 0 Å². The first-order valence-electron chi connectivity index (χ1n) is 9.27. The molecule has 7 nitrogen and oxygen atoms in total. The third-order valence-electron chi connectivity index (χ3n) is 4.73. The number of fused-ring (bicyclic) bond motifs is 1. The molecule has 4 aromatic rings. The summed E-state index contributed by atoms with van der Waals surface area (Å²) in [4.78, 5) is 13.9. The zero-order valence-electron chi connectivity index (χ0n) is 16.7. The number of hydrogen-bond acceptors (Lipinski definition) is 6. The van der Waals surface area contributed by atoms with Crippen molar-refractivity contribution in [1.29, 1.82) is 0 Å². The van der Waals surface area contributed by atoms with Gasteiger partial charge in [0, 0.05) is 51.9 Å². The van der Waals surface area contributed by atoms with Gasteiger partial charge < -0.3 is 0 Å². The minimum absolute atomic E-state index is 0.387. The molecule has 4 rings (SSSR count). The van der Waals surface area contributed by atoms with Gasteiger partial charge in [0.25, 0.3) is 0 Å². The van der Waals surface area contributed by atoms with E-state index in [0.717, 1.165) is 23.1 Å². The zero-order chi connectivity index (χ0) is 21.5. The second-order valence-corrected chi connectivity index (χ2v) is 10.5. The summed E-state index contributed by atoms with van der Waals surface area (Å²) in [5.74, 6) is 0.862. The molecule has 0 aliphatic heterocycles. The Kier molecular flexibility index (Phi) is 5.25.